The number of hydrogen-bond donors (Lipinski definition) is 1. The van der Waals surface area contributed by atoms with E-state index in [1.165, 1.54) is 10.7 Å². The number of rotatable bonds is 2. The summed E-state index contributed by atoms with van der Waals surface area (Å²) in [7, 11) is 0. The molecule has 0 aliphatic rings. The fourth-order valence-electron chi connectivity index (χ4n) is 2.14. The zero-order valence-corrected chi connectivity index (χ0v) is 12.5. The average molecular weight is 329 g/mol. The third kappa shape index (κ3) is 2.74. The number of benzene rings is 1. The smallest absolute Gasteiger partial charge is 0.381 e. The lowest BCUT2D eigenvalue weighted by Crippen LogP contribution is -2.08. The highest BCUT2D eigenvalue weighted by Crippen LogP contribution is 2.35. The van der Waals surface area contributed by atoms with E-state index in [0.29, 0.717) is 5.69 Å². The minimum absolute atomic E-state index is 0.0159. The molecule has 0 radical (unpaired) electrons. The Morgan fingerprint density at radius 1 is 1.36 bits per heavy atom. The van der Waals surface area contributed by atoms with Gasteiger partial charge in [0.05, 0.1) is 22.0 Å². The summed E-state index contributed by atoms with van der Waals surface area (Å²) >= 11 is 5.97. The van der Waals surface area contributed by atoms with E-state index in [2.05, 4.69) is 5.10 Å². The fraction of sp³-hybridized carbons (Fsp3) is 0.286. The van der Waals surface area contributed by atoms with Crippen molar-refractivity contribution >= 4 is 17.4 Å². The van der Waals surface area contributed by atoms with Crippen molar-refractivity contribution in [2.45, 2.75) is 25.9 Å². The number of nitrogens with two attached hydrogens (primary N) is 1. The number of nitriles is 1. The molecule has 8 heteroatoms. The van der Waals surface area contributed by atoms with Crippen LogP contribution in [-0.4, -0.2) is 9.78 Å². The molecule has 0 bridgehead atoms. The molecule has 0 atom stereocenters. The molecule has 0 aliphatic heterocycles. The molecule has 1 heterocycles. The number of hydrogen-bond acceptors (Lipinski definition) is 3. The van der Waals surface area contributed by atoms with Gasteiger partial charge in [-0.05, 0) is 24.1 Å². The first-order valence-corrected chi connectivity index (χ1v) is 6.70. The number of halogens is 4. The van der Waals surface area contributed by atoms with Gasteiger partial charge in [0.1, 0.15) is 11.6 Å². The summed E-state index contributed by atoms with van der Waals surface area (Å²) in [4.78, 5) is 0. The van der Waals surface area contributed by atoms with Gasteiger partial charge in [-0.2, -0.15) is 18.4 Å². The summed E-state index contributed by atoms with van der Waals surface area (Å²) < 4.78 is 39.4. The van der Waals surface area contributed by atoms with Gasteiger partial charge in [-0.15, -0.1) is 5.10 Å². The molecule has 0 unspecified atom stereocenters. The Labute approximate surface area is 129 Å². The number of anilines is 1. The molecule has 0 fully saturated rings. The van der Waals surface area contributed by atoms with Crippen LogP contribution >= 0.6 is 11.6 Å². The molecule has 2 N–H and O–H groups in total. The average Bonchev–Trinajstić information content (AvgIpc) is 2.74. The first-order valence-electron chi connectivity index (χ1n) is 6.32. The standard InChI is InChI=1S/C14H12ClF3N4/c1-7(2)12-9(6-19)13(20)21-22(12)11-4-3-8(5-10(11)15)14(16,17)18/h3-5,7H,1-2H3,(H2,20,21). The van der Waals surface area contributed by atoms with Crippen molar-refractivity contribution in [3.05, 3.63) is 40.0 Å². The predicted octanol–water partition coefficient (Wildman–Crippen LogP) is 4.12. The summed E-state index contributed by atoms with van der Waals surface area (Å²) in [6.45, 7) is 3.65. The highest BCUT2D eigenvalue weighted by atomic mass is 35.5. The van der Waals surface area contributed by atoms with Crippen LogP contribution in [0.15, 0.2) is 18.2 Å². The first kappa shape index (κ1) is 16.2. The van der Waals surface area contributed by atoms with Crippen molar-refractivity contribution in [1.82, 2.24) is 9.78 Å². The quantitative estimate of drug-likeness (QED) is 0.901. The van der Waals surface area contributed by atoms with Gasteiger partial charge in [-0.25, -0.2) is 4.68 Å². The lowest BCUT2D eigenvalue weighted by Gasteiger charge is -2.14. The topological polar surface area (TPSA) is 67.6 Å². The summed E-state index contributed by atoms with van der Waals surface area (Å²) in [5.41, 5.74) is 5.79. The summed E-state index contributed by atoms with van der Waals surface area (Å²) in [5, 5.41) is 13.1. The van der Waals surface area contributed by atoms with Gasteiger partial charge in [-0.3, -0.25) is 0 Å². The van der Waals surface area contributed by atoms with Gasteiger partial charge in [0.15, 0.2) is 5.82 Å². The maximum Gasteiger partial charge on any atom is 0.416 e. The number of alkyl halides is 3. The summed E-state index contributed by atoms with van der Waals surface area (Å²) in [6.07, 6.45) is -4.48. The maximum absolute atomic E-state index is 12.7. The molecule has 0 aliphatic carbocycles. The zero-order chi connectivity index (χ0) is 16.7. The monoisotopic (exact) mass is 328 g/mol. The van der Waals surface area contributed by atoms with Crippen molar-refractivity contribution < 1.29 is 13.2 Å². The molecule has 0 saturated heterocycles. The lowest BCUT2D eigenvalue weighted by molar-refractivity contribution is -0.137. The second-order valence-electron chi connectivity index (χ2n) is 4.99. The van der Waals surface area contributed by atoms with E-state index in [1.54, 1.807) is 0 Å². The van der Waals surface area contributed by atoms with Crippen molar-refractivity contribution in [2.24, 2.45) is 0 Å². The second-order valence-corrected chi connectivity index (χ2v) is 5.39. The SMILES string of the molecule is CC(C)c1c(C#N)c(N)nn1-c1ccc(C(F)(F)F)cc1Cl. The molecule has 2 aromatic rings. The largest absolute Gasteiger partial charge is 0.416 e. The van der Waals surface area contributed by atoms with Crippen molar-refractivity contribution in [2.75, 3.05) is 5.73 Å². The van der Waals surface area contributed by atoms with E-state index in [4.69, 9.17) is 22.6 Å². The third-order valence-electron chi connectivity index (χ3n) is 3.11. The lowest BCUT2D eigenvalue weighted by atomic mass is 10.1. The molecule has 22 heavy (non-hydrogen) atoms. The Morgan fingerprint density at radius 3 is 2.45 bits per heavy atom. The van der Waals surface area contributed by atoms with Gasteiger partial charge in [0.2, 0.25) is 0 Å². The molecule has 0 saturated carbocycles. The highest BCUT2D eigenvalue weighted by Gasteiger charge is 2.31. The van der Waals surface area contributed by atoms with Crippen LogP contribution < -0.4 is 5.73 Å². The molecule has 0 amide bonds. The highest BCUT2D eigenvalue weighted by molar-refractivity contribution is 6.32. The molecule has 2 rings (SSSR count). The van der Waals surface area contributed by atoms with Crippen molar-refractivity contribution in [1.29, 1.82) is 5.26 Å². The van der Waals surface area contributed by atoms with E-state index in [0.717, 1.165) is 12.1 Å². The maximum atomic E-state index is 12.7. The van der Waals surface area contributed by atoms with Gasteiger partial charge >= 0.3 is 6.18 Å². The zero-order valence-electron chi connectivity index (χ0n) is 11.7. The van der Waals surface area contributed by atoms with Gasteiger partial charge in [0.25, 0.3) is 0 Å². The van der Waals surface area contributed by atoms with Crippen LogP contribution in [0.1, 0.15) is 36.6 Å². The van der Waals surface area contributed by atoms with Crippen molar-refractivity contribution in [3.8, 4) is 11.8 Å². The van der Waals surface area contributed by atoms with Crippen LogP contribution in [-0.2, 0) is 6.18 Å². The van der Waals surface area contributed by atoms with E-state index >= 15 is 0 Å². The Hall–Kier alpha value is -2.20. The van der Waals surface area contributed by atoms with Crippen LogP contribution in [0, 0.1) is 11.3 Å². The van der Waals surface area contributed by atoms with E-state index in [9.17, 15) is 13.2 Å². The van der Waals surface area contributed by atoms with E-state index < -0.39 is 11.7 Å². The van der Waals surface area contributed by atoms with Crippen LogP contribution in [0.25, 0.3) is 5.69 Å². The molecular weight excluding hydrogens is 317 g/mol. The molecule has 116 valence electrons. The fourth-order valence-corrected chi connectivity index (χ4v) is 2.40. The number of nitrogen functional groups attached to an aromatic ring is 1. The molecule has 1 aromatic carbocycles. The first-order chi connectivity index (χ1) is 10.2. The summed E-state index contributed by atoms with van der Waals surface area (Å²) in [5.74, 6) is -0.0972. The Balaban J connectivity index is 2.66. The van der Waals surface area contributed by atoms with Gasteiger partial charge in [-0.1, -0.05) is 25.4 Å². The predicted molar refractivity (Wildman–Crippen MR) is 76.8 cm³/mol. The number of aromatic nitrogens is 2. The van der Waals surface area contributed by atoms with Crippen LogP contribution in [0.3, 0.4) is 0 Å². The number of nitrogens with zero attached hydrogens (tertiary/aromatic N) is 3. The van der Waals surface area contributed by atoms with Crippen molar-refractivity contribution in [3.63, 3.8) is 0 Å². The minimum atomic E-state index is -4.48. The Kier molecular flexibility index (Phi) is 4.07. The Bertz CT molecular complexity index is 757. The molecular formula is C14H12ClF3N4. The van der Waals surface area contributed by atoms with E-state index in [-0.39, 0.29) is 28.0 Å². The van der Waals surface area contributed by atoms with E-state index in [1.807, 2.05) is 19.9 Å². The van der Waals surface area contributed by atoms with Gasteiger partial charge in [0, 0.05) is 0 Å². The second kappa shape index (κ2) is 5.54. The van der Waals surface area contributed by atoms with Crippen LogP contribution in [0.2, 0.25) is 5.02 Å². The van der Waals surface area contributed by atoms with Gasteiger partial charge < -0.3 is 5.73 Å². The third-order valence-corrected chi connectivity index (χ3v) is 3.41. The van der Waals surface area contributed by atoms with Crippen LogP contribution in [0.4, 0.5) is 19.0 Å². The minimum Gasteiger partial charge on any atom is -0.381 e. The molecule has 0 spiro atoms. The normalized spacial score (nSPS) is 11.7. The Morgan fingerprint density at radius 2 is 2.00 bits per heavy atom. The molecule has 1 aromatic heterocycles. The molecule has 4 nitrogen and oxygen atoms in total. The van der Waals surface area contributed by atoms with Crippen LogP contribution in [0.5, 0.6) is 0 Å². The summed E-state index contributed by atoms with van der Waals surface area (Å²) in [6, 6.07) is 4.91.